The molecule has 0 aliphatic rings. The van der Waals surface area contributed by atoms with E-state index in [2.05, 4.69) is 15.9 Å². The minimum absolute atomic E-state index is 0.136. The summed E-state index contributed by atoms with van der Waals surface area (Å²) in [5.41, 5.74) is -3.39. The second kappa shape index (κ2) is 9.17. The molecule has 4 aromatic rings. The molecule has 0 saturated carbocycles. The van der Waals surface area contributed by atoms with Crippen LogP contribution in [0.1, 0.15) is 27.8 Å². The molecule has 0 spiro atoms. The standard InChI is InChI=1S/C24H18BrF5NO3P/c25-21-11-16(6-8-20(21)24(29,30)35(32,33)34)13-31-14-17(10-15-4-2-1-3-5-15)19-12-18(23(26,27)28)7-9-22(19)31/h1-9,11-12,14H,10,13H2,(H2,32,33,34). The maximum Gasteiger partial charge on any atom is 0.416 e. The Kier molecular flexibility index (Phi) is 6.70. The Bertz CT molecular complexity index is 1430. The minimum atomic E-state index is -5.74. The zero-order valence-electron chi connectivity index (χ0n) is 17.8. The Labute approximate surface area is 205 Å². The average Bonchev–Trinajstić information content (AvgIpc) is 3.09. The molecule has 0 atom stereocenters. The summed E-state index contributed by atoms with van der Waals surface area (Å²) in [5.74, 6) is 0. The van der Waals surface area contributed by atoms with Crippen molar-refractivity contribution >= 4 is 34.4 Å². The van der Waals surface area contributed by atoms with E-state index < -0.39 is 30.6 Å². The Hall–Kier alpha value is -2.52. The van der Waals surface area contributed by atoms with E-state index in [-0.39, 0.29) is 11.0 Å². The average molecular weight is 574 g/mol. The van der Waals surface area contributed by atoms with Crippen molar-refractivity contribution in [2.75, 3.05) is 0 Å². The molecular formula is C24H18BrF5NO3P. The first-order valence-corrected chi connectivity index (χ1v) is 12.6. The van der Waals surface area contributed by atoms with E-state index in [0.717, 1.165) is 23.8 Å². The third kappa shape index (κ3) is 5.21. The quantitative estimate of drug-likeness (QED) is 0.188. The van der Waals surface area contributed by atoms with E-state index in [1.54, 1.807) is 10.8 Å². The van der Waals surface area contributed by atoms with Gasteiger partial charge in [0.2, 0.25) is 0 Å². The number of hydrogen-bond donors (Lipinski definition) is 2. The Balaban J connectivity index is 1.75. The van der Waals surface area contributed by atoms with Crippen LogP contribution in [0.2, 0.25) is 0 Å². The van der Waals surface area contributed by atoms with E-state index in [1.807, 2.05) is 30.3 Å². The molecular weight excluding hydrogens is 556 g/mol. The van der Waals surface area contributed by atoms with Crippen molar-refractivity contribution in [3.8, 4) is 0 Å². The van der Waals surface area contributed by atoms with Crippen LogP contribution in [-0.2, 0) is 29.4 Å². The van der Waals surface area contributed by atoms with Crippen molar-refractivity contribution in [3.05, 3.63) is 105 Å². The number of rotatable bonds is 6. The molecule has 2 N–H and O–H groups in total. The van der Waals surface area contributed by atoms with Gasteiger partial charge < -0.3 is 14.4 Å². The number of alkyl halides is 5. The number of halogens is 6. The maximum atomic E-state index is 14.1. The van der Waals surface area contributed by atoms with Gasteiger partial charge in [0.1, 0.15) is 0 Å². The van der Waals surface area contributed by atoms with Crippen molar-refractivity contribution in [1.29, 1.82) is 0 Å². The van der Waals surface area contributed by atoms with Gasteiger partial charge in [0, 0.05) is 33.7 Å². The zero-order valence-corrected chi connectivity index (χ0v) is 20.3. The van der Waals surface area contributed by atoms with Crippen molar-refractivity contribution in [1.82, 2.24) is 4.57 Å². The maximum absolute atomic E-state index is 14.1. The predicted molar refractivity (Wildman–Crippen MR) is 125 cm³/mol. The summed E-state index contributed by atoms with van der Waals surface area (Å²) < 4.78 is 81.1. The normalized spacial score (nSPS) is 12.9. The van der Waals surface area contributed by atoms with Crippen LogP contribution in [0, 0.1) is 0 Å². The molecule has 0 unspecified atom stereocenters. The molecule has 184 valence electrons. The van der Waals surface area contributed by atoms with E-state index in [1.165, 1.54) is 18.2 Å². The van der Waals surface area contributed by atoms with E-state index in [9.17, 15) is 26.5 Å². The molecule has 0 fully saturated rings. The van der Waals surface area contributed by atoms with Crippen molar-refractivity contribution in [2.45, 2.75) is 24.8 Å². The summed E-state index contributed by atoms with van der Waals surface area (Å²) in [6, 6.07) is 16.3. The van der Waals surface area contributed by atoms with Crippen LogP contribution in [-0.4, -0.2) is 14.4 Å². The molecule has 3 aromatic carbocycles. The number of hydrogen-bond acceptors (Lipinski definition) is 1. The van der Waals surface area contributed by atoms with Crippen molar-refractivity contribution < 1.29 is 36.3 Å². The van der Waals surface area contributed by atoms with Crippen LogP contribution in [0.25, 0.3) is 10.9 Å². The van der Waals surface area contributed by atoms with Gasteiger partial charge in [0.25, 0.3) is 0 Å². The first-order valence-electron chi connectivity index (χ1n) is 10.2. The molecule has 4 rings (SSSR count). The van der Waals surface area contributed by atoms with E-state index >= 15 is 0 Å². The Morgan fingerprint density at radius 1 is 0.886 bits per heavy atom. The topological polar surface area (TPSA) is 62.5 Å². The molecule has 11 heteroatoms. The van der Waals surface area contributed by atoms with Gasteiger partial charge in [-0.2, -0.15) is 22.0 Å². The lowest BCUT2D eigenvalue weighted by Gasteiger charge is -2.19. The number of nitrogens with zero attached hydrogens (tertiary/aromatic N) is 1. The number of aromatic nitrogens is 1. The van der Waals surface area contributed by atoms with Crippen molar-refractivity contribution in [3.63, 3.8) is 0 Å². The summed E-state index contributed by atoms with van der Waals surface area (Å²) in [6.07, 6.45) is -2.39. The van der Waals surface area contributed by atoms with Gasteiger partial charge in [-0.15, -0.1) is 0 Å². The van der Waals surface area contributed by atoms with Gasteiger partial charge in [-0.25, -0.2) is 0 Å². The molecule has 4 nitrogen and oxygen atoms in total. The first-order chi connectivity index (χ1) is 16.3. The predicted octanol–water partition coefficient (Wildman–Crippen LogP) is 7.29. The third-order valence-corrected chi connectivity index (χ3v) is 7.23. The highest BCUT2D eigenvalue weighted by atomic mass is 79.9. The summed E-state index contributed by atoms with van der Waals surface area (Å²) in [5, 5.41) is 0.424. The van der Waals surface area contributed by atoms with Gasteiger partial charge in [0.15, 0.2) is 0 Å². The van der Waals surface area contributed by atoms with Crippen LogP contribution in [0.3, 0.4) is 0 Å². The van der Waals surface area contributed by atoms with Gasteiger partial charge >= 0.3 is 19.4 Å². The molecule has 35 heavy (non-hydrogen) atoms. The summed E-state index contributed by atoms with van der Waals surface area (Å²) in [7, 11) is -5.74. The molecule has 0 radical (unpaired) electrons. The van der Waals surface area contributed by atoms with Crippen LogP contribution in [0.15, 0.2) is 77.4 Å². The Morgan fingerprint density at radius 2 is 1.57 bits per heavy atom. The van der Waals surface area contributed by atoms with Crippen LogP contribution < -0.4 is 0 Å². The van der Waals surface area contributed by atoms with E-state index in [0.29, 0.717) is 28.5 Å². The summed E-state index contributed by atoms with van der Waals surface area (Å²) >= 11 is 2.96. The second-order valence-electron chi connectivity index (χ2n) is 8.07. The zero-order chi connectivity index (χ0) is 25.6. The molecule has 1 aromatic heterocycles. The lowest BCUT2D eigenvalue weighted by atomic mass is 10.0. The highest BCUT2D eigenvalue weighted by Gasteiger charge is 2.51. The molecule has 0 bridgehead atoms. The lowest BCUT2D eigenvalue weighted by Crippen LogP contribution is -2.14. The van der Waals surface area contributed by atoms with E-state index in [4.69, 9.17) is 9.79 Å². The fourth-order valence-corrected chi connectivity index (χ4v) is 5.23. The summed E-state index contributed by atoms with van der Waals surface area (Å²) in [6.45, 7) is 0.136. The molecule has 0 saturated heterocycles. The van der Waals surface area contributed by atoms with Crippen LogP contribution in [0.4, 0.5) is 22.0 Å². The largest absolute Gasteiger partial charge is 0.416 e. The smallest absolute Gasteiger partial charge is 0.343 e. The molecule has 0 aliphatic heterocycles. The molecule has 0 amide bonds. The monoisotopic (exact) mass is 573 g/mol. The van der Waals surface area contributed by atoms with Crippen molar-refractivity contribution in [2.24, 2.45) is 0 Å². The van der Waals surface area contributed by atoms with Gasteiger partial charge in [-0.3, -0.25) is 4.57 Å². The number of fused-ring (bicyclic) bond motifs is 1. The van der Waals surface area contributed by atoms with Gasteiger partial charge in [0.05, 0.1) is 5.56 Å². The fourth-order valence-electron chi connectivity index (χ4n) is 3.89. The van der Waals surface area contributed by atoms with Crippen LogP contribution in [0.5, 0.6) is 0 Å². The third-order valence-electron chi connectivity index (χ3n) is 5.60. The number of benzene rings is 3. The summed E-state index contributed by atoms with van der Waals surface area (Å²) in [4.78, 5) is 18.0. The Morgan fingerprint density at radius 3 is 2.17 bits per heavy atom. The SMILES string of the molecule is O=P(O)(O)C(F)(F)c1ccc(Cn2cc(Cc3ccccc3)c3cc(C(F)(F)F)ccc32)cc1Br. The lowest BCUT2D eigenvalue weighted by molar-refractivity contribution is -0.137. The van der Waals surface area contributed by atoms with Gasteiger partial charge in [-0.1, -0.05) is 58.4 Å². The van der Waals surface area contributed by atoms with Crippen LogP contribution >= 0.6 is 23.5 Å². The molecule has 1 heterocycles. The second-order valence-corrected chi connectivity index (χ2v) is 10.6. The highest BCUT2D eigenvalue weighted by molar-refractivity contribution is 9.10. The minimum Gasteiger partial charge on any atom is -0.343 e. The van der Waals surface area contributed by atoms with Gasteiger partial charge in [-0.05, 0) is 47.4 Å². The highest BCUT2D eigenvalue weighted by Crippen LogP contribution is 2.60. The fraction of sp³-hybridized carbons (Fsp3) is 0.167. The first kappa shape index (κ1) is 25.6. The molecule has 0 aliphatic carbocycles.